The van der Waals surface area contributed by atoms with Gasteiger partial charge >= 0.3 is 0 Å². The molecule has 0 amide bonds. The molecule has 1 unspecified atom stereocenters. The molecule has 0 aliphatic carbocycles. The Bertz CT molecular complexity index is 326. The fraction of sp³-hybridized carbons (Fsp3) is 0.333. The zero-order valence-electron chi connectivity index (χ0n) is 7.39. The van der Waals surface area contributed by atoms with Crippen LogP contribution in [0, 0.1) is 17.5 Å². The van der Waals surface area contributed by atoms with Crippen LogP contribution in [0.5, 0.6) is 5.75 Å². The summed E-state index contributed by atoms with van der Waals surface area (Å²) in [6.45, 7) is 0.789. The number of rotatable bonds is 2. The maximum absolute atomic E-state index is 13.1. The first-order valence-electron chi connectivity index (χ1n) is 3.96. The number of aromatic hydroxyl groups is 1. The predicted octanol–water partition coefficient (Wildman–Crippen LogP) is 1.91. The van der Waals surface area contributed by atoms with E-state index in [9.17, 15) is 13.2 Å². The largest absolute Gasteiger partial charge is 0.505 e. The number of benzene rings is 1. The third kappa shape index (κ3) is 1.68. The van der Waals surface area contributed by atoms with Crippen molar-refractivity contribution in [3.05, 3.63) is 29.1 Å². The number of hydrogen-bond donors (Lipinski definition) is 2. The Labute approximate surface area is 78.6 Å². The van der Waals surface area contributed by atoms with E-state index in [2.05, 4.69) is 0 Å². The van der Waals surface area contributed by atoms with E-state index in [-0.39, 0.29) is 0 Å². The number of phenols is 1. The van der Waals surface area contributed by atoms with Gasteiger partial charge in [-0.2, -0.15) is 0 Å². The Morgan fingerprint density at radius 2 is 1.86 bits per heavy atom. The summed E-state index contributed by atoms with van der Waals surface area (Å²) in [6.07, 6.45) is 0. The highest BCUT2D eigenvalue weighted by Gasteiger charge is 2.22. The van der Waals surface area contributed by atoms with Crippen molar-refractivity contribution in [3.63, 3.8) is 0 Å². The maximum atomic E-state index is 13.1. The Morgan fingerprint density at radius 3 is 2.36 bits per heavy atom. The highest BCUT2D eigenvalue weighted by atomic mass is 19.2. The first-order chi connectivity index (χ1) is 6.49. The molecule has 1 aromatic carbocycles. The lowest BCUT2D eigenvalue weighted by atomic mass is 10.00. The standard InChI is InChI=1S/C9H9F3O2/c1-4(3-13)7-8(11)5(10)2-6(14)9(7)12/h2,4,13-14H,3H2,1H3. The van der Waals surface area contributed by atoms with Gasteiger partial charge in [0.2, 0.25) is 0 Å². The summed E-state index contributed by atoms with van der Waals surface area (Å²) in [6, 6.07) is 0.359. The molecule has 2 N–H and O–H groups in total. The molecule has 1 aromatic rings. The van der Waals surface area contributed by atoms with Crippen LogP contribution in [0.3, 0.4) is 0 Å². The van der Waals surface area contributed by atoms with Gasteiger partial charge in [0.05, 0.1) is 0 Å². The minimum Gasteiger partial charge on any atom is -0.505 e. The molecule has 0 heterocycles. The van der Waals surface area contributed by atoms with Crippen LogP contribution >= 0.6 is 0 Å². The van der Waals surface area contributed by atoms with Crippen LogP contribution in [0.15, 0.2) is 6.07 Å². The van der Waals surface area contributed by atoms with Gasteiger partial charge in [-0.3, -0.25) is 0 Å². The van der Waals surface area contributed by atoms with Crippen molar-refractivity contribution in [1.29, 1.82) is 0 Å². The molecule has 0 radical (unpaired) electrons. The number of phenolic OH excluding ortho intramolecular Hbond substituents is 1. The fourth-order valence-electron chi connectivity index (χ4n) is 1.13. The Morgan fingerprint density at radius 1 is 1.29 bits per heavy atom. The van der Waals surface area contributed by atoms with E-state index < -0.39 is 41.3 Å². The van der Waals surface area contributed by atoms with E-state index in [4.69, 9.17) is 10.2 Å². The van der Waals surface area contributed by atoms with Gasteiger partial charge in [0, 0.05) is 24.2 Å². The van der Waals surface area contributed by atoms with Gasteiger partial charge in [-0.1, -0.05) is 6.92 Å². The topological polar surface area (TPSA) is 40.5 Å². The lowest BCUT2D eigenvalue weighted by Gasteiger charge is -2.12. The van der Waals surface area contributed by atoms with Crippen LogP contribution in [0.1, 0.15) is 18.4 Å². The maximum Gasteiger partial charge on any atom is 0.171 e. The second-order valence-electron chi connectivity index (χ2n) is 3.00. The Hall–Kier alpha value is -1.23. The van der Waals surface area contributed by atoms with Crippen molar-refractivity contribution in [2.24, 2.45) is 0 Å². The second-order valence-corrected chi connectivity index (χ2v) is 3.00. The van der Waals surface area contributed by atoms with Crippen molar-refractivity contribution in [3.8, 4) is 5.75 Å². The molecule has 2 nitrogen and oxygen atoms in total. The molecule has 0 spiro atoms. The van der Waals surface area contributed by atoms with E-state index in [1.807, 2.05) is 0 Å². The quantitative estimate of drug-likeness (QED) is 0.725. The first kappa shape index (κ1) is 10.8. The van der Waals surface area contributed by atoms with Crippen molar-refractivity contribution in [1.82, 2.24) is 0 Å². The van der Waals surface area contributed by atoms with Gasteiger partial charge in [0.15, 0.2) is 23.2 Å². The van der Waals surface area contributed by atoms with Crippen LogP contribution in [0.4, 0.5) is 13.2 Å². The molecule has 78 valence electrons. The van der Waals surface area contributed by atoms with Crippen LogP contribution in [-0.2, 0) is 0 Å². The average molecular weight is 206 g/mol. The summed E-state index contributed by atoms with van der Waals surface area (Å²) < 4.78 is 38.9. The Balaban J connectivity index is 3.39. The van der Waals surface area contributed by atoms with Gasteiger partial charge in [-0.25, -0.2) is 13.2 Å². The lowest BCUT2D eigenvalue weighted by molar-refractivity contribution is 0.265. The highest BCUT2D eigenvalue weighted by Crippen LogP contribution is 2.29. The third-order valence-corrected chi connectivity index (χ3v) is 1.94. The van der Waals surface area contributed by atoms with E-state index in [1.54, 1.807) is 0 Å². The van der Waals surface area contributed by atoms with E-state index in [1.165, 1.54) is 6.92 Å². The van der Waals surface area contributed by atoms with Crippen LogP contribution in [0.25, 0.3) is 0 Å². The number of aliphatic hydroxyl groups excluding tert-OH is 1. The highest BCUT2D eigenvalue weighted by molar-refractivity contribution is 5.34. The minimum atomic E-state index is -1.37. The predicted molar refractivity (Wildman–Crippen MR) is 43.5 cm³/mol. The molecule has 5 heteroatoms. The van der Waals surface area contributed by atoms with Crippen molar-refractivity contribution < 1.29 is 23.4 Å². The molecule has 0 saturated carbocycles. The molecule has 0 fully saturated rings. The molecule has 14 heavy (non-hydrogen) atoms. The molecule has 0 saturated heterocycles. The van der Waals surface area contributed by atoms with Gasteiger partial charge in [0.1, 0.15) is 0 Å². The smallest absolute Gasteiger partial charge is 0.171 e. The molecule has 1 rings (SSSR count). The summed E-state index contributed by atoms with van der Waals surface area (Å²) in [5.74, 6) is -5.80. The molecule has 0 bridgehead atoms. The van der Waals surface area contributed by atoms with Crippen molar-refractivity contribution in [2.75, 3.05) is 6.61 Å². The molecule has 1 atom stereocenters. The summed E-state index contributed by atoms with van der Waals surface area (Å²) in [4.78, 5) is 0. The summed E-state index contributed by atoms with van der Waals surface area (Å²) in [5.41, 5.74) is -0.634. The Kier molecular flexibility index (Phi) is 3.00. The average Bonchev–Trinajstić information content (AvgIpc) is 2.15. The van der Waals surface area contributed by atoms with E-state index in [0.717, 1.165) is 0 Å². The lowest BCUT2D eigenvalue weighted by Crippen LogP contribution is -2.07. The number of aliphatic hydroxyl groups is 1. The SMILES string of the molecule is CC(CO)c1c(F)c(O)cc(F)c1F. The van der Waals surface area contributed by atoms with E-state index in [0.29, 0.717) is 6.07 Å². The zero-order chi connectivity index (χ0) is 10.9. The molecule has 0 aromatic heterocycles. The van der Waals surface area contributed by atoms with Gasteiger partial charge in [-0.15, -0.1) is 0 Å². The molecule has 0 aliphatic rings. The van der Waals surface area contributed by atoms with Crippen LogP contribution < -0.4 is 0 Å². The third-order valence-electron chi connectivity index (χ3n) is 1.94. The van der Waals surface area contributed by atoms with Gasteiger partial charge in [-0.05, 0) is 0 Å². The summed E-state index contributed by atoms with van der Waals surface area (Å²) >= 11 is 0. The first-order valence-corrected chi connectivity index (χ1v) is 3.96. The zero-order valence-corrected chi connectivity index (χ0v) is 7.39. The normalized spacial score (nSPS) is 12.9. The summed E-state index contributed by atoms with van der Waals surface area (Å²) in [5, 5.41) is 17.6. The number of halogens is 3. The van der Waals surface area contributed by atoms with Crippen LogP contribution in [-0.4, -0.2) is 16.8 Å². The second kappa shape index (κ2) is 3.88. The van der Waals surface area contributed by atoms with Crippen LogP contribution in [0.2, 0.25) is 0 Å². The molecule has 0 aliphatic heterocycles. The molecular formula is C9H9F3O2. The van der Waals surface area contributed by atoms with E-state index >= 15 is 0 Å². The van der Waals surface area contributed by atoms with Gasteiger partial charge in [0.25, 0.3) is 0 Å². The van der Waals surface area contributed by atoms with Crippen molar-refractivity contribution >= 4 is 0 Å². The monoisotopic (exact) mass is 206 g/mol. The fourth-order valence-corrected chi connectivity index (χ4v) is 1.13. The molecular weight excluding hydrogens is 197 g/mol. The minimum absolute atomic E-state index is 0.359. The van der Waals surface area contributed by atoms with Gasteiger partial charge < -0.3 is 10.2 Å². The number of hydrogen-bond acceptors (Lipinski definition) is 2. The summed E-state index contributed by atoms with van der Waals surface area (Å²) in [7, 11) is 0. The van der Waals surface area contributed by atoms with Crippen molar-refractivity contribution in [2.45, 2.75) is 12.8 Å².